The van der Waals surface area contributed by atoms with Crippen LogP contribution in [0.5, 0.6) is 0 Å². The van der Waals surface area contributed by atoms with Gasteiger partial charge in [0.05, 0.1) is 25.4 Å². The number of fused-ring (bicyclic) bond motifs is 1. The molecular weight excluding hydrogens is 254 g/mol. The summed E-state index contributed by atoms with van der Waals surface area (Å²) in [7, 11) is 1.39. The van der Waals surface area contributed by atoms with Crippen LogP contribution in [0.2, 0.25) is 0 Å². The van der Waals surface area contributed by atoms with Gasteiger partial charge < -0.3 is 10.1 Å². The van der Waals surface area contributed by atoms with E-state index in [1.54, 1.807) is 0 Å². The zero-order chi connectivity index (χ0) is 13.9. The molecule has 2 aliphatic carbocycles. The molecule has 0 spiro atoms. The van der Waals surface area contributed by atoms with Crippen LogP contribution < -0.4 is 5.32 Å². The summed E-state index contributed by atoms with van der Waals surface area (Å²) in [4.78, 5) is 11.2. The van der Waals surface area contributed by atoms with E-state index in [9.17, 15) is 4.79 Å². The number of nitrogens with zero attached hydrogens (tertiary/aromatic N) is 2. The van der Waals surface area contributed by atoms with E-state index in [0.717, 1.165) is 18.5 Å². The van der Waals surface area contributed by atoms with Gasteiger partial charge in [-0.1, -0.05) is 12.8 Å². The van der Waals surface area contributed by atoms with Crippen LogP contribution in [0.3, 0.4) is 0 Å². The largest absolute Gasteiger partial charge is 0.453 e. The maximum absolute atomic E-state index is 11.2. The summed E-state index contributed by atoms with van der Waals surface area (Å²) >= 11 is 0. The van der Waals surface area contributed by atoms with E-state index in [-0.39, 0.29) is 6.09 Å². The summed E-state index contributed by atoms with van der Waals surface area (Å²) in [5.74, 6) is 0. The Hall–Kier alpha value is -1.52. The van der Waals surface area contributed by atoms with Gasteiger partial charge in [0.25, 0.3) is 0 Å². The van der Waals surface area contributed by atoms with Gasteiger partial charge >= 0.3 is 6.09 Å². The second-order valence-corrected chi connectivity index (χ2v) is 5.81. The highest BCUT2D eigenvalue weighted by Gasteiger charge is 2.26. The number of methoxy groups -OCH3 is 1. The normalized spacial score (nSPS) is 18.9. The average molecular weight is 277 g/mol. The second-order valence-electron chi connectivity index (χ2n) is 5.81. The molecule has 3 rings (SSSR count). The molecule has 0 aliphatic heterocycles. The van der Waals surface area contributed by atoms with E-state index in [1.807, 2.05) is 0 Å². The van der Waals surface area contributed by atoms with Crippen molar-refractivity contribution in [3.8, 4) is 0 Å². The molecule has 0 atom stereocenters. The van der Waals surface area contributed by atoms with Crippen LogP contribution in [0.25, 0.3) is 0 Å². The Morgan fingerprint density at radius 2 is 2.05 bits per heavy atom. The lowest BCUT2D eigenvalue weighted by molar-refractivity contribution is 0.170. The number of amides is 1. The van der Waals surface area contributed by atoms with E-state index < -0.39 is 0 Å². The summed E-state index contributed by atoms with van der Waals surface area (Å²) in [6, 6.07) is 0.578. The fourth-order valence-corrected chi connectivity index (χ4v) is 3.52. The smallest absolute Gasteiger partial charge is 0.407 e. The predicted molar refractivity (Wildman–Crippen MR) is 75.6 cm³/mol. The lowest BCUT2D eigenvalue weighted by Crippen LogP contribution is -2.23. The Balaban J connectivity index is 1.83. The van der Waals surface area contributed by atoms with E-state index >= 15 is 0 Å². The molecule has 5 nitrogen and oxygen atoms in total. The van der Waals surface area contributed by atoms with Crippen LogP contribution >= 0.6 is 0 Å². The second kappa shape index (κ2) is 5.85. The lowest BCUT2D eigenvalue weighted by atomic mass is 9.95. The molecule has 0 aromatic carbocycles. The SMILES string of the molecule is COC(=O)NCc1nn(C2CCCC2)c2c1CCCC2. The highest BCUT2D eigenvalue weighted by molar-refractivity contribution is 5.66. The highest BCUT2D eigenvalue weighted by atomic mass is 16.5. The summed E-state index contributed by atoms with van der Waals surface area (Å²) in [6.45, 7) is 0.481. The van der Waals surface area contributed by atoms with Crippen molar-refractivity contribution in [1.29, 1.82) is 0 Å². The molecule has 1 aromatic rings. The molecule has 0 saturated heterocycles. The molecule has 0 unspecified atom stereocenters. The number of hydrogen-bond acceptors (Lipinski definition) is 3. The Morgan fingerprint density at radius 3 is 2.80 bits per heavy atom. The Morgan fingerprint density at radius 1 is 1.30 bits per heavy atom. The highest BCUT2D eigenvalue weighted by Crippen LogP contribution is 2.34. The van der Waals surface area contributed by atoms with Gasteiger partial charge in [-0.2, -0.15) is 5.10 Å². The Labute approximate surface area is 119 Å². The molecule has 2 aliphatic rings. The Kier molecular flexibility index (Phi) is 3.94. The number of rotatable bonds is 3. The van der Waals surface area contributed by atoms with Gasteiger partial charge in [-0.25, -0.2) is 4.79 Å². The molecule has 1 amide bonds. The van der Waals surface area contributed by atoms with Crippen molar-refractivity contribution < 1.29 is 9.53 Å². The third-order valence-corrected chi connectivity index (χ3v) is 4.55. The fraction of sp³-hybridized carbons (Fsp3) is 0.733. The summed E-state index contributed by atoms with van der Waals surface area (Å²) in [6.07, 6.45) is 9.46. The third kappa shape index (κ3) is 2.53. The van der Waals surface area contributed by atoms with Gasteiger partial charge in [0.15, 0.2) is 0 Å². The first-order valence-corrected chi connectivity index (χ1v) is 7.70. The van der Waals surface area contributed by atoms with Gasteiger partial charge in [-0.15, -0.1) is 0 Å². The number of carbonyl (C=O) groups excluding carboxylic acids is 1. The average Bonchev–Trinajstić information content (AvgIpc) is 3.12. The van der Waals surface area contributed by atoms with Gasteiger partial charge in [0, 0.05) is 5.69 Å². The van der Waals surface area contributed by atoms with Crippen molar-refractivity contribution in [2.24, 2.45) is 0 Å². The van der Waals surface area contributed by atoms with Crippen molar-refractivity contribution in [2.45, 2.75) is 64.0 Å². The zero-order valence-electron chi connectivity index (χ0n) is 12.2. The minimum atomic E-state index is -0.384. The first kappa shape index (κ1) is 13.5. The number of nitrogens with one attached hydrogen (secondary N) is 1. The van der Waals surface area contributed by atoms with Gasteiger partial charge in [0.2, 0.25) is 0 Å². The molecule has 1 heterocycles. The number of aromatic nitrogens is 2. The van der Waals surface area contributed by atoms with Crippen LogP contribution in [-0.4, -0.2) is 23.0 Å². The van der Waals surface area contributed by atoms with E-state index in [0.29, 0.717) is 12.6 Å². The fourth-order valence-electron chi connectivity index (χ4n) is 3.52. The van der Waals surface area contributed by atoms with E-state index in [4.69, 9.17) is 5.10 Å². The number of carbonyl (C=O) groups is 1. The quantitative estimate of drug-likeness (QED) is 0.924. The summed E-state index contributed by atoms with van der Waals surface area (Å²) < 4.78 is 6.91. The van der Waals surface area contributed by atoms with Crippen molar-refractivity contribution in [2.75, 3.05) is 7.11 Å². The first-order valence-electron chi connectivity index (χ1n) is 7.70. The lowest BCUT2D eigenvalue weighted by Gasteiger charge is -2.18. The van der Waals surface area contributed by atoms with Crippen LogP contribution in [0.1, 0.15) is 61.5 Å². The monoisotopic (exact) mass is 277 g/mol. The number of alkyl carbamates (subject to hydrolysis) is 1. The number of hydrogen-bond donors (Lipinski definition) is 1. The molecule has 1 saturated carbocycles. The summed E-state index contributed by atoms with van der Waals surface area (Å²) in [5.41, 5.74) is 3.83. The third-order valence-electron chi connectivity index (χ3n) is 4.55. The van der Waals surface area contributed by atoms with Gasteiger partial charge in [-0.05, 0) is 44.1 Å². The van der Waals surface area contributed by atoms with Crippen molar-refractivity contribution >= 4 is 6.09 Å². The van der Waals surface area contributed by atoms with Crippen LogP contribution in [0.15, 0.2) is 0 Å². The predicted octanol–water partition coefficient (Wildman–Crippen LogP) is 2.73. The molecule has 110 valence electrons. The molecule has 1 aromatic heterocycles. The van der Waals surface area contributed by atoms with Crippen LogP contribution in [0.4, 0.5) is 4.79 Å². The van der Waals surface area contributed by atoms with E-state index in [2.05, 4.69) is 14.7 Å². The van der Waals surface area contributed by atoms with E-state index in [1.165, 1.54) is 56.9 Å². The minimum Gasteiger partial charge on any atom is -0.453 e. The maximum atomic E-state index is 11.2. The molecule has 5 heteroatoms. The van der Waals surface area contributed by atoms with Gasteiger partial charge in [0.1, 0.15) is 0 Å². The molecule has 0 radical (unpaired) electrons. The van der Waals surface area contributed by atoms with Gasteiger partial charge in [-0.3, -0.25) is 4.68 Å². The molecule has 0 bridgehead atoms. The Bertz CT molecular complexity index is 490. The molecule has 1 N–H and O–H groups in total. The molecule has 20 heavy (non-hydrogen) atoms. The van der Waals surface area contributed by atoms with Crippen molar-refractivity contribution in [3.05, 3.63) is 17.0 Å². The zero-order valence-corrected chi connectivity index (χ0v) is 12.2. The summed E-state index contributed by atoms with van der Waals surface area (Å²) in [5, 5.41) is 7.59. The maximum Gasteiger partial charge on any atom is 0.407 e. The molecule has 1 fully saturated rings. The first-order chi connectivity index (χ1) is 9.79. The van der Waals surface area contributed by atoms with Crippen molar-refractivity contribution in [1.82, 2.24) is 15.1 Å². The minimum absolute atomic E-state index is 0.384. The van der Waals surface area contributed by atoms with Crippen LogP contribution in [0, 0.1) is 0 Å². The topological polar surface area (TPSA) is 56.1 Å². The van der Waals surface area contributed by atoms with Crippen molar-refractivity contribution in [3.63, 3.8) is 0 Å². The molecular formula is C15H23N3O2. The number of ether oxygens (including phenoxy) is 1. The standard InChI is InChI=1S/C15H23N3O2/c1-20-15(19)16-10-13-12-8-4-5-9-14(12)18(17-13)11-6-2-3-7-11/h11H,2-10H2,1H3,(H,16,19). The van der Waals surface area contributed by atoms with Crippen LogP contribution in [-0.2, 0) is 24.1 Å².